The van der Waals surface area contributed by atoms with Gasteiger partial charge in [0.05, 0.1) is 0 Å². The van der Waals surface area contributed by atoms with Crippen molar-refractivity contribution in [2.75, 3.05) is 0 Å². The zero-order valence-corrected chi connectivity index (χ0v) is 9.17. The minimum absolute atomic E-state index is 0. The molecule has 0 aliphatic rings. The molecule has 0 saturated carbocycles. The average molecular weight is 209 g/mol. The van der Waals surface area contributed by atoms with E-state index in [9.17, 15) is 0 Å². The molecule has 51 valence electrons. The van der Waals surface area contributed by atoms with Gasteiger partial charge in [0.15, 0.2) is 0 Å². The van der Waals surface area contributed by atoms with Crippen LogP contribution in [0.15, 0.2) is 18.3 Å². The van der Waals surface area contributed by atoms with Gasteiger partial charge in [0, 0.05) is 32.7 Å². The molecule has 1 aromatic rings. The first kappa shape index (κ1) is 10.3. The van der Waals surface area contributed by atoms with Crippen LogP contribution in [0.5, 0.6) is 0 Å². The largest absolute Gasteiger partial charge is 0.394 e. The van der Waals surface area contributed by atoms with Crippen molar-refractivity contribution < 1.29 is 32.7 Å². The molecule has 0 aliphatic carbocycles. The van der Waals surface area contributed by atoms with E-state index in [0.29, 0.717) is 5.92 Å². The molecule has 1 nitrogen and oxygen atoms in total. The van der Waals surface area contributed by atoms with Gasteiger partial charge >= 0.3 is 0 Å². The molecule has 0 aromatic carbocycles. The smallest absolute Gasteiger partial charge is 0 e. The van der Waals surface area contributed by atoms with Crippen LogP contribution in [0.2, 0.25) is 0 Å². The van der Waals surface area contributed by atoms with Crippen LogP contribution in [0.25, 0.3) is 0 Å². The van der Waals surface area contributed by atoms with E-state index in [2.05, 4.69) is 25.0 Å². The average Bonchev–Trinajstić information content (AvgIpc) is 1.90. The van der Waals surface area contributed by atoms with Crippen molar-refractivity contribution in [1.82, 2.24) is 4.98 Å². The van der Waals surface area contributed by atoms with Gasteiger partial charge in [-0.3, -0.25) is 0 Å². The van der Waals surface area contributed by atoms with E-state index < -0.39 is 0 Å². The first-order valence-electron chi connectivity index (χ1n) is 3.12. The maximum absolute atomic E-state index is 3.88. The predicted octanol–water partition coefficient (Wildman–Crippen LogP) is 2.00. The summed E-state index contributed by atoms with van der Waals surface area (Å²) in [5.41, 5.74) is 1.27. The van der Waals surface area contributed by atoms with Crippen LogP contribution in [-0.2, 0) is 32.7 Å². The fourth-order valence-corrected chi connectivity index (χ4v) is 0.673. The van der Waals surface area contributed by atoms with E-state index in [0.717, 1.165) is 0 Å². The summed E-state index contributed by atoms with van der Waals surface area (Å²) in [6.45, 7) is 4.30. The minimum Gasteiger partial charge on any atom is -0.394 e. The van der Waals surface area contributed by atoms with Gasteiger partial charge in [-0.05, 0) is 5.92 Å². The third-order valence-corrected chi connectivity index (χ3v) is 1.31. The molecule has 1 aromatic heterocycles. The molecule has 2 heteroatoms. The van der Waals surface area contributed by atoms with Crippen LogP contribution in [0, 0.1) is 6.20 Å². The molecule has 1 heterocycles. The second kappa shape index (κ2) is 4.98. The molecule has 0 spiro atoms. The van der Waals surface area contributed by atoms with E-state index >= 15 is 0 Å². The van der Waals surface area contributed by atoms with Crippen molar-refractivity contribution in [2.45, 2.75) is 19.8 Å². The van der Waals surface area contributed by atoms with Gasteiger partial charge in [0.1, 0.15) is 0 Å². The van der Waals surface area contributed by atoms with Crippen LogP contribution in [0.1, 0.15) is 25.3 Å². The number of pyridine rings is 1. The number of nitrogens with zero attached hydrogens (tertiary/aromatic N) is 1. The molecule has 1 radical (unpaired) electrons. The van der Waals surface area contributed by atoms with Gasteiger partial charge in [0.25, 0.3) is 0 Å². The molecule has 0 unspecified atom stereocenters. The number of aromatic nitrogens is 1. The fraction of sp³-hybridized carbons (Fsp3) is 0.375. The monoisotopic (exact) mass is 209 g/mol. The Morgan fingerprint density at radius 2 is 2.20 bits per heavy atom. The second-order valence-electron chi connectivity index (χ2n) is 2.38. The normalized spacial score (nSPS) is 9.10. The van der Waals surface area contributed by atoms with Gasteiger partial charge < -0.3 is 4.98 Å². The van der Waals surface area contributed by atoms with Crippen LogP contribution >= 0.6 is 0 Å². The number of rotatable bonds is 1. The topological polar surface area (TPSA) is 12.9 Å². The number of hydrogen-bond donors (Lipinski definition) is 0. The summed E-state index contributed by atoms with van der Waals surface area (Å²) in [6, 6.07) is 3.88. The van der Waals surface area contributed by atoms with E-state index in [1.54, 1.807) is 0 Å². The summed E-state index contributed by atoms with van der Waals surface area (Å²) in [6.07, 6.45) is 4.59. The molecular formula is C8H10NY-. The van der Waals surface area contributed by atoms with Crippen LogP contribution in [0.3, 0.4) is 0 Å². The molecule has 0 amide bonds. The summed E-state index contributed by atoms with van der Waals surface area (Å²) >= 11 is 0. The summed E-state index contributed by atoms with van der Waals surface area (Å²) in [5, 5.41) is 0. The molecule has 0 aliphatic heterocycles. The van der Waals surface area contributed by atoms with Crippen molar-refractivity contribution >= 4 is 0 Å². The third kappa shape index (κ3) is 2.89. The Hall–Kier alpha value is 0.254. The van der Waals surface area contributed by atoms with E-state index in [-0.39, 0.29) is 32.7 Å². The Labute approximate surface area is 87.1 Å². The van der Waals surface area contributed by atoms with Crippen molar-refractivity contribution in [3.8, 4) is 0 Å². The zero-order chi connectivity index (χ0) is 6.69. The quantitative estimate of drug-likeness (QED) is 0.644. The molecule has 0 N–H and O–H groups in total. The molecule has 1 rings (SSSR count). The van der Waals surface area contributed by atoms with Crippen molar-refractivity contribution in [2.24, 2.45) is 0 Å². The third-order valence-electron chi connectivity index (χ3n) is 1.31. The molecule has 0 bridgehead atoms. The first-order chi connectivity index (χ1) is 4.30. The van der Waals surface area contributed by atoms with Crippen molar-refractivity contribution in [3.63, 3.8) is 0 Å². The number of hydrogen-bond acceptors (Lipinski definition) is 1. The zero-order valence-electron chi connectivity index (χ0n) is 6.33. The van der Waals surface area contributed by atoms with Crippen LogP contribution in [0.4, 0.5) is 0 Å². The molecular weight excluding hydrogens is 199 g/mol. The summed E-state index contributed by atoms with van der Waals surface area (Å²) in [7, 11) is 0. The van der Waals surface area contributed by atoms with E-state index in [1.165, 1.54) is 5.56 Å². The van der Waals surface area contributed by atoms with Crippen LogP contribution < -0.4 is 0 Å². The van der Waals surface area contributed by atoms with Crippen molar-refractivity contribution in [1.29, 1.82) is 0 Å². The molecule has 0 atom stereocenters. The predicted molar refractivity (Wildman–Crippen MR) is 37.2 cm³/mol. The summed E-state index contributed by atoms with van der Waals surface area (Å²) in [5.74, 6) is 0.576. The van der Waals surface area contributed by atoms with Gasteiger partial charge in [0.2, 0.25) is 0 Å². The van der Waals surface area contributed by atoms with E-state index in [1.807, 2.05) is 18.3 Å². The first-order valence-corrected chi connectivity index (χ1v) is 3.12. The maximum atomic E-state index is 3.88. The minimum atomic E-state index is 0. The standard InChI is InChI=1S/C8H10N.Y/c1-7(2)8-4-3-5-9-6-8;/h3-4,6-7H,1-2H3;/q-1;. The van der Waals surface area contributed by atoms with Gasteiger partial charge in [-0.2, -0.15) is 12.1 Å². The summed E-state index contributed by atoms with van der Waals surface area (Å²) < 4.78 is 0. The van der Waals surface area contributed by atoms with Crippen LogP contribution in [-0.4, -0.2) is 4.98 Å². The van der Waals surface area contributed by atoms with Gasteiger partial charge in [-0.1, -0.05) is 26.2 Å². The van der Waals surface area contributed by atoms with Crippen molar-refractivity contribution in [3.05, 3.63) is 30.1 Å². The Morgan fingerprint density at radius 3 is 2.50 bits per heavy atom. The molecule has 0 saturated heterocycles. The second-order valence-corrected chi connectivity index (χ2v) is 2.38. The van der Waals surface area contributed by atoms with Gasteiger partial charge in [-0.15, -0.1) is 5.56 Å². The Kier molecular flexibility index (Phi) is 5.10. The Bertz CT molecular complexity index is 172. The van der Waals surface area contributed by atoms with Gasteiger partial charge in [-0.25, -0.2) is 0 Å². The molecule has 0 fully saturated rings. The Morgan fingerprint density at radius 1 is 1.50 bits per heavy atom. The Balaban J connectivity index is 0.000000810. The molecule has 10 heavy (non-hydrogen) atoms. The fourth-order valence-electron chi connectivity index (χ4n) is 0.673. The SMILES string of the molecule is CC(C)c1cc[c-]nc1.[Y]. The van der Waals surface area contributed by atoms with E-state index in [4.69, 9.17) is 0 Å². The maximum Gasteiger partial charge on any atom is 0 e. The summed E-state index contributed by atoms with van der Waals surface area (Å²) in [4.78, 5) is 3.88.